The lowest BCUT2D eigenvalue weighted by molar-refractivity contribution is 0.781. The summed E-state index contributed by atoms with van der Waals surface area (Å²) in [5.74, 6) is 1.19. The Morgan fingerprint density at radius 3 is 2.30 bits per heavy atom. The van der Waals surface area contributed by atoms with E-state index in [4.69, 9.17) is 9.98 Å². The van der Waals surface area contributed by atoms with Crippen LogP contribution in [0.1, 0.15) is 68.6 Å². The highest BCUT2D eigenvalue weighted by molar-refractivity contribution is 7.19. The molecule has 3 heterocycles. The minimum atomic E-state index is -0.0756. The second kappa shape index (κ2) is 13.0. The summed E-state index contributed by atoms with van der Waals surface area (Å²) >= 11 is 1.95. The minimum absolute atomic E-state index is 0.0756. The maximum Gasteiger partial charge on any atom is 0.134 e. The van der Waals surface area contributed by atoms with Gasteiger partial charge in [0.1, 0.15) is 5.84 Å². The number of fused-ring (bicyclic) bond motifs is 8. The number of benzene rings is 6. The number of para-hydroxylation sites is 1. The van der Waals surface area contributed by atoms with Crippen LogP contribution in [0.15, 0.2) is 174 Å². The number of aromatic nitrogens is 1. The van der Waals surface area contributed by atoms with E-state index in [9.17, 15) is 0 Å². The van der Waals surface area contributed by atoms with Crippen molar-refractivity contribution < 1.29 is 0 Å². The predicted molar refractivity (Wildman–Crippen MR) is 240 cm³/mol. The zero-order valence-electron chi connectivity index (χ0n) is 31.2. The van der Waals surface area contributed by atoms with E-state index in [0.29, 0.717) is 5.92 Å². The van der Waals surface area contributed by atoms with Gasteiger partial charge in [0.2, 0.25) is 0 Å². The van der Waals surface area contributed by atoms with E-state index in [1.807, 2.05) is 11.3 Å². The van der Waals surface area contributed by atoms with Gasteiger partial charge < -0.3 is 5.32 Å². The van der Waals surface area contributed by atoms with Crippen molar-refractivity contribution in [2.45, 2.75) is 31.2 Å². The number of hydrogen-bond donors (Lipinski definition) is 1. The first kappa shape index (κ1) is 32.6. The summed E-state index contributed by atoms with van der Waals surface area (Å²) in [6.45, 7) is 0. The Hall–Kier alpha value is -6.62. The molecule has 270 valence electrons. The summed E-state index contributed by atoms with van der Waals surface area (Å²) in [5, 5.41) is 8.97. The molecule has 0 spiro atoms. The van der Waals surface area contributed by atoms with E-state index in [1.165, 1.54) is 70.1 Å². The summed E-state index contributed by atoms with van der Waals surface area (Å²) in [5.41, 5.74) is 16.1. The number of hydrogen-bond acceptors (Lipinski definition) is 4. The molecule has 4 heteroatoms. The maximum absolute atomic E-state index is 5.36. The number of pyridine rings is 1. The van der Waals surface area contributed by atoms with Gasteiger partial charge in [-0.15, -0.1) is 11.3 Å². The van der Waals surface area contributed by atoms with Crippen LogP contribution in [0.2, 0.25) is 0 Å². The van der Waals surface area contributed by atoms with Gasteiger partial charge in [-0.1, -0.05) is 152 Å². The first-order valence-electron chi connectivity index (χ1n) is 20.0. The van der Waals surface area contributed by atoms with E-state index < -0.39 is 0 Å². The van der Waals surface area contributed by atoms with E-state index in [-0.39, 0.29) is 6.04 Å². The SMILES string of the molecule is C1=CC2=C(C1)c1c(-c3ccc(C4C=C(c5ccc(C6CC=Cc7c6sc6ccccc76)c6ccccc56)N=C(c5ccccc5)N4)cc3)nc3ccccc3c1C2. The van der Waals surface area contributed by atoms with Gasteiger partial charge in [-0.05, 0) is 87.0 Å². The average Bonchev–Trinajstić information content (AvgIpc) is 4.00. The van der Waals surface area contributed by atoms with Crippen molar-refractivity contribution >= 4 is 66.3 Å². The summed E-state index contributed by atoms with van der Waals surface area (Å²) in [6, 6.07) is 50.6. The molecule has 12 rings (SSSR count). The Morgan fingerprint density at radius 2 is 1.42 bits per heavy atom. The highest BCUT2D eigenvalue weighted by atomic mass is 32.1. The number of rotatable bonds is 5. The molecule has 0 fully saturated rings. The predicted octanol–water partition coefficient (Wildman–Crippen LogP) is 13.2. The zero-order valence-corrected chi connectivity index (χ0v) is 32.1. The first-order valence-corrected chi connectivity index (χ1v) is 20.8. The highest BCUT2D eigenvalue weighted by Crippen LogP contribution is 2.48. The van der Waals surface area contributed by atoms with Crippen LogP contribution in [0.25, 0.3) is 60.4 Å². The van der Waals surface area contributed by atoms with Gasteiger partial charge in [0.05, 0.1) is 22.9 Å². The number of nitrogens with zero attached hydrogens (tertiary/aromatic N) is 2. The molecule has 2 unspecified atom stereocenters. The summed E-state index contributed by atoms with van der Waals surface area (Å²) in [7, 11) is 0. The first-order chi connectivity index (χ1) is 28.2. The fourth-order valence-corrected chi connectivity index (χ4v) is 11.0. The van der Waals surface area contributed by atoms with Gasteiger partial charge in [-0.25, -0.2) is 9.98 Å². The fourth-order valence-electron chi connectivity index (χ4n) is 9.69. The molecule has 0 amide bonds. The van der Waals surface area contributed by atoms with Crippen molar-refractivity contribution in [3.8, 4) is 11.3 Å². The third-order valence-corrected chi connectivity index (χ3v) is 13.7. The van der Waals surface area contributed by atoms with Crippen LogP contribution in [0.3, 0.4) is 0 Å². The fraction of sp³-hybridized carbons (Fsp3) is 0.0943. The van der Waals surface area contributed by atoms with Gasteiger partial charge in [0.25, 0.3) is 0 Å². The molecule has 57 heavy (non-hydrogen) atoms. The van der Waals surface area contributed by atoms with Crippen molar-refractivity contribution in [2.24, 2.45) is 4.99 Å². The standard InChI is InChI=1S/C53H37N3S/c1-2-12-34(13-3-1)53-55-47(32-24-26-33(27-25-32)51-50-36-19-10-14-35(36)30-45(50)40-17-6-8-22-46(40)54-51)31-48(56-53)41-29-28-39(37-15-4-5-16-38(37)41)43-20-11-21-44-42-18-7-9-23-49(42)57-52(43)44/h1-18,21-29,31,43,47H,19-20,30H2,(H,55,56). The third kappa shape index (κ3) is 5.24. The molecule has 4 aliphatic rings. The third-order valence-electron chi connectivity index (χ3n) is 12.4. The second-order valence-electron chi connectivity index (χ2n) is 15.6. The largest absolute Gasteiger partial charge is 0.359 e. The number of nitrogens with one attached hydrogen (secondary N) is 1. The smallest absolute Gasteiger partial charge is 0.134 e. The average molecular weight is 748 g/mol. The molecule has 2 atom stereocenters. The molecule has 3 nitrogen and oxygen atoms in total. The molecule has 0 saturated carbocycles. The maximum atomic E-state index is 5.36. The van der Waals surface area contributed by atoms with Crippen LogP contribution in [0.4, 0.5) is 0 Å². The van der Waals surface area contributed by atoms with Gasteiger partial charge in [0.15, 0.2) is 0 Å². The van der Waals surface area contributed by atoms with Crippen LogP contribution in [-0.4, -0.2) is 10.8 Å². The van der Waals surface area contributed by atoms with Gasteiger partial charge in [-0.2, -0.15) is 0 Å². The second-order valence-corrected chi connectivity index (χ2v) is 16.6. The van der Waals surface area contributed by atoms with E-state index in [2.05, 4.69) is 175 Å². The Morgan fingerprint density at radius 1 is 0.649 bits per heavy atom. The molecular formula is C53H37N3S. The lowest BCUT2D eigenvalue weighted by Gasteiger charge is -2.26. The molecule has 8 aromatic rings. The topological polar surface area (TPSA) is 37.3 Å². The van der Waals surface area contributed by atoms with E-state index in [1.54, 1.807) is 0 Å². The molecule has 3 aliphatic carbocycles. The number of aliphatic imine (C=N–C) groups is 1. The van der Waals surface area contributed by atoms with Crippen LogP contribution in [0, 0.1) is 0 Å². The molecule has 0 bridgehead atoms. The van der Waals surface area contributed by atoms with Crippen molar-refractivity contribution in [3.05, 3.63) is 213 Å². The van der Waals surface area contributed by atoms with Crippen molar-refractivity contribution in [1.29, 1.82) is 0 Å². The van der Waals surface area contributed by atoms with Crippen molar-refractivity contribution in [2.75, 3.05) is 0 Å². The quantitative estimate of drug-likeness (QED) is 0.190. The van der Waals surface area contributed by atoms with Gasteiger partial charge in [-0.3, -0.25) is 0 Å². The van der Waals surface area contributed by atoms with Crippen LogP contribution < -0.4 is 5.32 Å². The number of thiophene rings is 1. The Labute approximate surface area is 335 Å². The van der Waals surface area contributed by atoms with Crippen LogP contribution >= 0.6 is 11.3 Å². The van der Waals surface area contributed by atoms with Crippen molar-refractivity contribution in [3.63, 3.8) is 0 Å². The Kier molecular flexibility index (Phi) is 7.42. The zero-order chi connectivity index (χ0) is 37.5. The van der Waals surface area contributed by atoms with Gasteiger partial charge in [0, 0.05) is 43.1 Å². The minimum Gasteiger partial charge on any atom is -0.359 e. The van der Waals surface area contributed by atoms with E-state index >= 15 is 0 Å². The number of amidine groups is 1. The van der Waals surface area contributed by atoms with Crippen LogP contribution in [-0.2, 0) is 6.42 Å². The summed E-state index contributed by atoms with van der Waals surface area (Å²) in [4.78, 5) is 12.1. The molecule has 2 aromatic heterocycles. The van der Waals surface area contributed by atoms with Crippen LogP contribution in [0.5, 0.6) is 0 Å². The molecule has 0 radical (unpaired) electrons. The molecule has 1 aliphatic heterocycles. The monoisotopic (exact) mass is 747 g/mol. The lowest BCUT2D eigenvalue weighted by Crippen LogP contribution is -2.31. The van der Waals surface area contributed by atoms with Crippen molar-refractivity contribution in [1.82, 2.24) is 10.3 Å². The summed E-state index contributed by atoms with van der Waals surface area (Å²) in [6.07, 6.45) is 14.6. The Balaban J connectivity index is 0.956. The Bertz CT molecular complexity index is 3120. The van der Waals surface area contributed by atoms with Gasteiger partial charge >= 0.3 is 0 Å². The number of allylic oxidation sites excluding steroid dienone is 5. The normalized spacial score (nSPS) is 18.1. The molecular weight excluding hydrogens is 711 g/mol. The highest BCUT2D eigenvalue weighted by Gasteiger charge is 2.30. The molecule has 0 saturated heterocycles. The molecule has 6 aromatic carbocycles. The van der Waals surface area contributed by atoms with E-state index in [0.717, 1.165) is 58.7 Å². The summed E-state index contributed by atoms with van der Waals surface area (Å²) < 4.78 is 1.36. The molecule has 1 N–H and O–H groups in total. The lowest BCUT2D eigenvalue weighted by atomic mass is 9.83.